The Hall–Kier alpha value is -1.10. The standard InChI is InChI=1S/C13H24N2O3/c1-3-4-5-12(16)14-7-9-15(10-8-14)13(17)6-11-18-2/h3-11H2,1-2H3. The number of carbonyl (C=O) groups is 2. The van der Waals surface area contributed by atoms with Crippen LogP contribution >= 0.6 is 0 Å². The Bertz CT molecular complexity index is 245. The molecule has 18 heavy (non-hydrogen) atoms. The first-order valence-electron chi connectivity index (χ1n) is 6.73. The van der Waals surface area contributed by atoms with Gasteiger partial charge in [-0.3, -0.25) is 9.59 Å². The van der Waals surface area contributed by atoms with Crippen LogP contribution in [0.2, 0.25) is 0 Å². The van der Waals surface area contributed by atoms with Crippen molar-refractivity contribution in [1.29, 1.82) is 0 Å². The molecule has 1 rings (SSSR count). The number of ether oxygens (including phenoxy) is 1. The molecule has 0 aromatic carbocycles. The van der Waals surface area contributed by atoms with E-state index in [9.17, 15) is 9.59 Å². The molecule has 0 spiro atoms. The van der Waals surface area contributed by atoms with E-state index in [1.54, 1.807) is 7.11 Å². The van der Waals surface area contributed by atoms with Crippen LogP contribution < -0.4 is 0 Å². The van der Waals surface area contributed by atoms with Crippen molar-refractivity contribution in [1.82, 2.24) is 9.80 Å². The van der Waals surface area contributed by atoms with E-state index in [1.807, 2.05) is 9.80 Å². The van der Waals surface area contributed by atoms with Gasteiger partial charge in [0.05, 0.1) is 13.0 Å². The molecule has 1 aliphatic heterocycles. The van der Waals surface area contributed by atoms with Gasteiger partial charge in [0.25, 0.3) is 0 Å². The number of rotatable bonds is 6. The fourth-order valence-electron chi connectivity index (χ4n) is 2.04. The molecule has 0 bridgehead atoms. The van der Waals surface area contributed by atoms with Gasteiger partial charge in [0, 0.05) is 39.7 Å². The van der Waals surface area contributed by atoms with Crippen LogP contribution in [-0.4, -0.2) is 61.5 Å². The van der Waals surface area contributed by atoms with Crippen LogP contribution in [0.5, 0.6) is 0 Å². The molecule has 1 aliphatic rings. The van der Waals surface area contributed by atoms with Gasteiger partial charge in [-0.25, -0.2) is 0 Å². The molecular weight excluding hydrogens is 232 g/mol. The predicted molar refractivity (Wildman–Crippen MR) is 69.2 cm³/mol. The minimum atomic E-state index is 0.123. The zero-order valence-corrected chi connectivity index (χ0v) is 11.5. The first kappa shape index (κ1) is 15.0. The summed E-state index contributed by atoms with van der Waals surface area (Å²) >= 11 is 0. The Morgan fingerprint density at radius 1 is 1.00 bits per heavy atom. The summed E-state index contributed by atoms with van der Waals surface area (Å²) in [6.45, 7) is 5.19. The lowest BCUT2D eigenvalue weighted by Gasteiger charge is -2.34. The van der Waals surface area contributed by atoms with Crippen molar-refractivity contribution in [2.45, 2.75) is 32.6 Å². The topological polar surface area (TPSA) is 49.9 Å². The summed E-state index contributed by atoms with van der Waals surface area (Å²) in [5.74, 6) is 0.346. The van der Waals surface area contributed by atoms with E-state index in [0.29, 0.717) is 45.6 Å². The first-order chi connectivity index (χ1) is 8.69. The molecule has 1 saturated heterocycles. The highest BCUT2D eigenvalue weighted by Gasteiger charge is 2.23. The molecule has 0 aromatic heterocycles. The predicted octanol–water partition coefficient (Wildman–Crippen LogP) is 0.884. The van der Waals surface area contributed by atoms with Gasteiger partial charge in [-0.15, -0.1) is 0 Å². The van der Waals surface area contributed by atoms with E-state index in [4.69, 9.17) is 4.74 Å². The molecule has 2 amide bonds. The van der Waals surface area contributed by atoms with Crippen molar-refractivity contribution in [3.63, 3.8) is 0 Å². The molecular formula is C13H24N2O3. The minimum Gasteiger partial charge on any atom is -0.384 e. The number of hydrogen-bond acceptors (Lipinski definition) is 3. The molecule has 0 aliphatic carbocycles. The number of methoxy groups -OCH3 is 1. The van der Waals surface area contributed by atoms with Crippen molar-refractivity contribution in [2.24, 2.45) is 0 Å². The molecule has 104 valence electrons. The monoisotopic (exact) mass is 256 g/mol. The molecule has 5 heteroatoms. The molecule has 0 N–H and O–H groups in total. The molecule has 0 radical (unpaired) electrons. The lowest BCUT2D eigenvalue weighted by molar-refractivity contribution is -0.140. The van der Waals surface area contributed by atoms with Gasteiger partial charge in [-0.1, -0.05) is 13.3 Å². The molecule has 5 nitrogen and oxygen atoms in total. The minimum absolute atomic E-state index is 0.123. The fraction of sp³-hybridized carbons (Fsp3) is 0.846. The van der Waals surface area contributed by atoms with Crippen molar-refractivity contribution in [2.75, 3.05) is 39.9 Å². The third-order valence-electron chi connectivity index (χ3n) is 3.25. The third-order valence-corrected chi connectivity index (χ3v) is 3.25. The second kappa shape index (κ2) is 8.08. The highest BCUT2D eigenvalue weighted by atomic mass is 16.5. The smallest absolute Gasteiger partial charge is 0.225 e. The highest BCUT2D eigenvalue weighted by molar-refractivity contribution is 5.78. The van der Waals surface area contributed by atoms with Gasteiger partial charge in [-0.2, -0.15) is 0 Å². The van der Waals surface area contributed by atoms with Gasteiger partial charge in [0.2, 0.25) is 11.8 Å². The zero-order valence-electron chi connectivity index (χ0n) is 11.5. The Kier molecular flexibility index (Phi) is 6.72. The number of carbonyl (C=O) groups excluding carboxylic acids is 2. The van der Waals surface area contributed by atoms with Crippen LogP contribution in [0.3, 0.4) is 0 Å². The van der Waals surface area contributed by atoms with E-state index in [1.165, 1.54) is 0 Å². The summed E-state index contributed by atoms with van der Waals surface area (Å²) in [5.41, 5.74) is 0. The summed E-state index contributed by atoms with van der Waals surface area (Å²) in [6.07, 6.45) is 3.06. The van der Waals surface area contributed by atoms with Gasteiger partial charge in [0.15, 0.2) is 0 Å². The third kappa shape index (κ3) is 4.64. The molecule has 0 atom stereocenters. The van der Waals surface area contributed by atoms with E-state index < -0.39 is 0 Å². The Morgan fingerprint density at radius 3 is 1.94 bits per heavy atom. The Labute approximate surface area is 109 Å². The Balaban J connectivity index is 2.27. The fourth-order valence-corrected chi connectivity index (χ4v) is 2.04. The van der Waals surface area contributed by atoms with Crippen LogP contribution in [0, 0.1) is 0 Å². The van der Waals surface area contributed by atoms with Crippen molar-refractivity contribution in [3.05, 3.63) is 0 Å². The summed E-state index contributed by atoms with van der Waals surface area (Å²) in [4.78, 5) is 27.2. The largest absolute Gasteiger partial charge is 0.384 e. The van der Waals surface area contributed by atoms with Crippen molar-refractivity contribution < 1.29 is 14.3 Å². The van der Waals surface area contributed by atoms with Crippen molar-refractivity contribution >= 4 is 11.8 Å². The van der Waals surface area contributed by atoms with Crippen LogP contribution in [0.1, 0.15) is 32.6 Å². The van der Waals surface area contributed by atoms with E-state index in [0.717, 1.165) is 12.8 Å². The molecule has 0 aromatic rings. The number of nitrogens with zero attached hydrogens (tertiary/aromatic N) is 2. The SMILES string of the molecule is CCCCC(=O)N1CCN(C(=O)CCOC)CC1. The van der Waals surface area contributed by atoms with E-state index in [-0.39, 0.29) is 11.8 Å². The van der Waals surface area contributed by atoms with Gasteiger partial charge in [0.1, 0.15) is 0 Å². The molecule has 1 fully saturated rings. The maximum Gasteiger partial charge on any atom is 0.225 e. The summed E-state index contributed by atoms with van der Waals surface area (Å²) in [6, 6.07) is 0. The highest BCUT2D eigenvalue weighted by Crippen LogP contribution is 2.07. The van der Waals surface area contributed by atoms with Crippen LogP contribution in [0.4, 0.5) is 0 Å². The zero-order chi connectivity index (χ0) is 13.4. The average Bonchev–Trinajstić information content (AvgIpc) is 2.42. The summed E-state index contributed by atoms with van der Waals surface area (Å²) in [7, 11) is 1.59. The summed E-state index contributed by atoms with van der Waals surface area (Å²) < 4.78 is 4.89. The number of piperazine rings is 1. The number of hydrogen-bond donors (Lipinski definition) is 0. The first-order valence-corrected chi connectivity index (χ1v) is 6.73. The van der Waals surface area contributed by atoms with Crippen molar-refractivity contribution in [3.8, 4) is 0 Å². The lowest BCUT2D eigenvalue weighted by atomic mass is 10.2. The number of unbranched alkanes of at least 4 members (excludes halogenated alkanes) is 1. The van der Waals surface area contributed by atoms with Crippen LogP contribution in [0.15, 0.2) is 0 Å². The second-order valence-corrected chi connectivity index (χ2v) is 4.61. The lowest BCUT2D eigenvalue weighted by Crippen LogP contribution is -2.50. The number of amides is 2. The van der Waals surface area contributed by atoms with Gasteiger partial charge in [-0.05, 0) is 6.42 Å². The van der Waals surface area contributed by atoms with E-state index >= 15 is 0 Å². The summed E-state index contributed by atoms with van der Waals surface area (Å²) in [5, 5.41) is 0. The van der Waals surface area contributed by atoms with Gasteiger partial charge >= 0.3 is 0 Å². The van der Waals surface area contributed by atoms with Crippen LogP contribution in [-0.2, 0) is 14.3 Å². The average molecular weight is 256 g/mol. The second-order valence-electron chi connectivity index (χ2n) is 4.61. The normalized spacial score (nSPS) is 15.9. The van der Waals surface area contributed by atoms with Crippen LogP contribution in [0.25, 0.3) is 0 Å². The quantitative estimate of drug-likeness (QED) is 0.709. The molecule has 0 saturated carbocycles. The maximum atomic E-state index is 11.8. The maximum absolute atomic E-state index is 11.8. The Morgan fingerprint density at radius 2 is 1.50 bits per heavy atom. The van der Waals surface area contributed by atoms with Gasteiger partial charge < -0.3 is 14.5 Å². The molecule has 1 heterocycles. The molecule has 0 unspecified atom stereocenters. The van der Waals surface area contributed by atoms with E-state index in [2.05, 4.69) is 6.92 Å².